The van der Waals surface area contributed by atoms with Gasteiger partial charge >= 0.3 is 0 Å². The Morgan fingerprint density at radius 2 is 2.05 bits per heavy atom. The Bertz CT molecular complexity index is 779. The number of aryl methyl sites for hydroxylation is 1. The van der Waals surface area contributed by atoms with Crippen LogP contribution in [0.2, 0.25) is 0 Å². The van der Waals surface area contributed by atoms with Crippen LogP contribution in [0.25, 0.3) is 22.3 Å². The van der Waals surface area contributed by atoms with Gasteiger partial charge in [-0.3, -0.25) is 4.79 Å². The molecule has 4 nitrogen and oxygen atoms in total. The molecule has 2 aromatic heterocycles. The van der Waals surface area contributed by atoms with Gasteiger partial charge < -0.3 is 4.57 Å². The summed E-state index contributed by atoms with van der Waals surface area (Å²) in [5.74, 6) is -0.372. The molecule has 3 aromatic rings. The van der Waals surface area contributed by atoms with Crippen LogP contribution in [0.1, 0.15) is 10.4 Å². The first-order valence-corrected chi connectivity index (χ1v) is 5.72. The van der Waals surface area contributed by atoms with E-state index in [0.29, 0.717) is 27.9 Å². The molecule has 1 aromatic carbocycles. The SMILES string of the molecule is Cn1cc(C=O)c2c(-c3ccccc3F)ncnc21. The second kappa shape index (κ2) is 4.28. The molecule has 0 fully saturated rings. The first-order chi connectivity index (χ1) is 9.22. The van der Waals surface area contributed by atoms with Gasteiger partial charge in [-0.1, -0.05) is 12.1 Å². The normalized spacial score (nSPS) is 10.8. The van der Waals surface area contributed by atoms with Crippen molar-refractivity contribution >= 4 is 17.3 Å². The van der Waals surface area contributed by atoms with E-state index in [4.69, 9.17) is 0 Å². The lowest BCUT2D eigenvalue weighted by atomic mass is 10.1. The molecule has 0 unspecified atom stereocenters. The zero-order valence-electron chi connectivity index (χ0n) is 10.2. The second-order valence-electron chi connectivity index (χ2n) is 4.21. The van der Waals surface area contributed by atoms with Crippen LogP contribution in [0.4, 0.5) is 4.39 Å². The van der Waals surface area contributed by atoms with Crippen molar-refractivity contribution in [3.63, 3.8) is 0 Å². The minimum absolute atomic E-state index is 0.365. The average molecular weight is 255 g/mol. The van der Waals surface area contributed by atoms with E-state index in [1.807, 2.05) is 0 Å². The van der Waals surface area contributed by atoms with Gasteiger partial charge in [0.05, 0.1) is 11.1 Å². The Morgan fingerprint density at radius 1 is 1.26 bits per heavy atom. The van der Waals surface area contributed by atoms with E-state index in [9.17, 15) is 9.18 Å². The summed E-state index contributed by atoms with van der Waals surface area (Å²) in [6.45, 7) is 0. The lowest BCUT2D eigenvalue weighted by molar-refractivity contribution is 0.112. The van der Waals surface area contributed by atoms with E-state index in [-0.39, 0.29) is 5.82 Å². The number of fused-ring (bicyclic) bond motifs is 1. The van der Waals surface area contributed by atoms with Gasteiger partial charge in [0.25, 0.3) is 0 Å². The molecule has 0 saturated carbocycles. The number of aldehydes is 1. The molecule has 2 heterocycles. The standard InChI is InChI=1S/C14H10FN3O/c1-18-6-9(7-19)12-13(16-8-17-14(12)18)10-4-2-3-5-11(10)15/h2-8H,1H3. The Balaban J connectivity index is 2.42. The fourth-order valence-electron chi connectivity index (χ4n) is 2.19. The Labute approximate surface area is 108 Å². The quantitative estimate of drug-likeness (QED) is 0.661. The highest BCUT2D eigenvalue weighted by atomic mass is 19.1. The summed E-state index contributed by atoms with van der Waals surface area (Å²) < 4.78 is 15.6. The molecule has 0 spiro atoms. The first-order valence-electron chi connectivity index (χ1n) is 5.72. The van der Waals surface area contributed by atoms with Crippen LogP contribution in [0, 0.1) is 5.82 Å². The number of halogens is 1. The average Bonchev–Trinajstić information content (AvgIpc) is 2.76. The molecule has 0 aliphatic heterocycles. The van der Waals surface area contributed by atoms with E-state index >= 15 is 0 Å². The van der Waals surface area contributed by atoms with E-state index in [0.717, 1.165) is 6.29 Å². The Kier molecular flexibility index (Phi) is 2.59. The van der Waals surface area contributed by atoms with Gasteiger partial charge in [0.15, 0.2) is 6.29 Å². The number of hydrogen-bond acceptors (Lipinski definition) is 3. The topological polar surface area (TPSA) is 47.8 Å². The summed E-state index contributed by atoms with van der Waals surface area (Å²) in [5, 5.41) is 0.574. The summed E-state index contributed by atoms with van der Waals surface area (Å²) in [4.78, 5) is 19.4. The minimum Gasteiger partial charge on any atom is -0.335 e. The summed E-state index contributed by atoms with van der Waals surface area (Å²) in [6.07, 6.45) is 3.77. The zero-order valence-corrected chi connectivity index (χ0v) is 10.2. The predicted molar refractivity (Wildman–Crippen MR) is 69.3 cm³/mol. The molecule has 5 heteroatoms. The highest BCUT2D eigenvalue weighted by molar-refractivity contribution is 6.03. The monoisotopic (exact) mass is 255 g/mol. The summed E-state index contributed by atoms with van der Waals surface area (Å²) >= 11 is 0. The summed E-state index contributed by atoms with van der Waals surface area (Å²) in [7, 11) is 1.79. The lowest BCUT2D eigenvalue weighted by Crippen LogP contribution is -1.93. The van der Waals surface area contributed by atoms with Gasteiger partial charge in [0, 0.05) is 24.4 Å². The highest BCUT2D eigenvalue weighted by Gasteiger charge is 2.16. The van der Waals surface area contributed by atoms with Crippen molar-refractivity contribution in [2.24, 2.45) is 7.05 Å². The van der Waals surface area contributed by atoms with Crippen molar-refractivity contribution in [2.75, 3.05) is 0 Å². The van der Waals surface area contributed by atoms with Crippen molar-refractivity contribution in [3.8, 4) is 11.3 Å². The van der Waals surface area contributed by atoms with E-state index in [1.165, 1.54) is 12.4 Å². The van der Waals surface area contributed by atoms with E-state index in [1.54, 1.807) is 36.0 Å². The maximum atomic E-state index is 13.9. The number of benzene rings is 1. The molecule has 0 bridgehead atoms. The van der Waals surface area contributed by atoms with Crippen molar-refractivity contribution in [3.05, 3.63) is 48.2 Å². The maximum absolute atomic E-state index is 13.9. The summed E-state index contributed by atoms with van der Waals surface area (Å²) in [5.41, 5.74) is 1.86. The van der Waals surface area contributed by atoms with Gasteiger partial charge in [0.1, 0.15) is 17.8 Å². The van der Waals surface area contributed by atoms with Crippen molar-refractivity contribution in [1.82, 2.24) is 14.5 Å². The third-order valence-electron chi connectivity index (χ3n) is 3.04. The first kappa shape index (κ1) is 11.5. The molecule has 0 aliphatic rings. The van der Waals surface area contributed by atoms with Crippen LogP contribution in [0.3, 0.4) is 0 Å². The van der Waals surface area contributed by atoms with Crippen LogP contribution in [-0.4, -0.2) is 20.8 Å². The van der Waals surface area contributed by atoms with E-state index < -0.39 is 0 Å². The van der Waals surface area contributed by atoms with Crippen molar-refractivity contribution in [1.29, 1.82) is 0 Å². The van der Waals surface area contributed by atoms with Crippen LogP contribution < -0.4 is 0 Å². The fraction of sp³-hybridized carbons (Fsp3) is 0.0714. The van der Waals surface area contributed by atoms with Crippen LogP contribution in [0.5, 0.6) is 0 Å². The number of nitrogens with zero attached hydrogens (tertiary/aromatic N) is 3. The van der Waals surface area contributed by atoms with Gasteiger partial charge in [-0.2, -0.15) is 0 Å². The molecule has 0 atom stereocenters. The molecule has 0 saturated heterocycles. The van der Waals surface area contributed by atoms with Crippen LogP contribution >= 0.6 is 0 Å². The van der Waals surface area contributed by atoms with Gasteiger partial charge in [-0.15, -0.1) is 0 Å². The highest BCUT2D eigenvalue weighted by Crippen LogP contribution is 2.29. The summed E-state index contributed by atoms with van der Waals surface area (Å²) in [6, 6.07) is 6.35. The number of carbonyl (C=O) groups is 1. The van der Waals surface area contributed by atoms with E-state index in [2.05, 4.69) is 9.97 Å². The Morgan fingerprint density at radius 3 is 2.79 bits per heavy atom. The van der Waals surface area contributed by atoms with Gasteiger partial charge in [0.2, 0.25) is 0 Å². The molecule has 94 valence electrons. The fourth-order valence-corrected chi connectivity index (χ4v) is 2.19. The largest absolute Gasteiger partial charge is 0.335 e. The number of aromatic nitrogens is 3. The van der Waals surface area contributed by atoms with Gasteiger partial charge in [-0.05, 0) is 12.1 Å². The minimum atomic E-state index is -0.372. The van der Waals surface area contributed by atoms with Crippen LogP contribution in [-0.2, 0) is 7.05 Å². The Hall–Kier alpha value is -2.56. The number of rotatable bonds is 2. The number of hydrogen-bond donors (Lipinski definition) is 0. The van der Waals surface area contributed by atoms with Gasteiger partial charge in [-0.25, -0.2) is 14.4 Å². The molecule has 3 rings (SSSR count). The third kappa shape index (κ3) is 1.71. The predicted octanol–water partition coefficient (Wildman–Crippen LogP) is 2.59. The van der Waals surface area contributed by atoms with Crippen molar-refractivity contribution in [2.45, 2.75) is 0 Å². The molecular weight excluding hydrogens is 245 g/mol. The zero-order chi connectivity index (χ0) is 13.4. The molecular formula is C14H10FN3O. The maximum Gasteiger partial charge on any atom is 0.152 e. The smallest absolute Gasteiger partial charge is 0.152 e. The second-order valence-corrected chi connectivity index (χ2v) is 4.21. The van der Waals surface area contributed by atoms with Crippen LogP contribution in [0.15, 0.2) is 36.8 Å². The number of carbonyl (C=O) groups excluding carboxylic acids is 1. The third-order valence-corrected chi connectivity index (χ3v) is 3.04. The molecule has 0 radical (unpaired) electrons. The molecule has 19 heavy (non-hydrogen) atoms. The van der Waals surface area contributed by atoms with Crippen molar-refractivity contribution < 1.29 is 9.18 Å². The molecule has 0 N–H and O–H groups in total. The molecule has 0 amide bonds. The molecule has 0 aliphatic carbocycles. The lowest BCUT2D eigenvalue weighted by Gasteiger charge is -2.04.